The molecule has 78 valence electrons. The summed E-state index contributed by atoms with van der Waals surface area (Å²) in [5.74, 6) is -1.76. The highest BCUT2D eigenvalue weighted by atomic mass is 16.4. The Labute approximate surface area is 86.7 Å². The Balaban J connectivity index is 2.94. The smallest absolute Gasteiger partial charge is 0.320 e. The number of carbonyl (C=O) groups excluding carboxylic acids is 1. The zero-order chi connectivity index (χ0) is 11.4. The highest BCUT2D eigenvalue weighted by Crippen LogP contribution is 2.07. The van der Waals surface area contributed by atoms with Gasteiger partial charge in [0.15, 0.2) is 0 Å². The van der Waals surface area contributed by atoms with Crippen LogP contribution >= 0.6 is 0 Å². The summed E-state index contributed by atoms with van der Waals surface area (Å²) in [6, 6.07) is 6.96. The Hall–Kier alpha value is -2.06. The Morgan fingerprint density at radius 2 is 2.00 bits per heavy atom. The average Bonchev–Trinajstić information content (AvgIpc) is 2.18. The molecular weight excluding hydrogens is 196 g/mol. The van der Waals surface area contributed by atoms with Crippen molar-refractivity contribution in [1.82, 2.24) is 0 Å². The Bertz CT molecular complexity index is 390. The van der Waals surface area contributed by atoms with Gasteiger partial charge in [-0.1, -0.05) is 12.1 Å². The minimum absolute atomic E-state index is 0.0405. The van der Waals surface area contributed by atoms with E-state index in [0.29, 0.717) is 5.56 Å². The van der Waals surface area contributed by atoms with Crippen molar-refractivity contribution in [2.24, 2.45) is 11.5 Å². The molecule has 1 rings (SSSR count). The molecule has 0 aromatic heterocycles. The topological polar surface area (TPSA) is 106 Å². The maximum atomic E-state index is 11.0. The van der Waals surface area contributed by atoms with Gasteiger partial charge in [0.2, 0.25) is 5.91 Å². The number of carboxylic acids is 1. The van der Waals surface area contributed by atoms with E-state index < -0.39 is 17.9 Å². The maximum Gasteiger partial charge on any atom is 0.320 e. The van der Waals surface area contributed by atoms with Crippen LogP contribution in [0.5, 0.6) is 0 Å². The molecule has 1 aromatic rings. The summed E-state index contributed by atoms with van der Waals surface area (Å²) in [6.45, 7) is 0. The third kappa shape index (κ3) is 2.69. The van der Waals surface area contributed by atoms with Gasteiger partial charge < -0.3 is 16.6 Å². The number of hydrogen-bond donors (Lipinski definition) is 3. The summed E-state index contributed by atoms with van der Waals surface area (Å²) >= 11 is 0. The van der Waals surface area contributed by atoms with E-state index in [0.717, 1.165) is 0 Å². The van der Waals surface area contributed by atoms with Gasteiger partial charge in [-0.3, -0.25) is 9.59 Å². The normalized spacial score (nSPS) is 11.5. The molecule has 0 aliphatic carbocycles. The minimum Gasteiger partial charge on any atom is -0.480 e. The van der Waals surface area contributed by atoms with Crippen LogP contribution in [0.3, 0.4) is 0 Å². The van der Waals surface area contributed by atoms with Crippen LogP contribution in [0.15, 0.2) is 12.1 Å². The molecular formula is C10H10N2O3. The summed E-state index contributed by atoms with van der Waals surface area (Å²) < 4.78 is 0. The fourth-order valence-electron chi connectivity index (χ4n) is 1.14. The van der Waals surface area contributed by atoms with E-state index in [4.69, 9.17) is 16.6 Å². The number of carbonyl (C=O) groups is 2. The van der Waals surface area contributed by atoms with Gasteiger partial charge in [-0.15, -0.1) is 0 Å². The van der Waals surface area contributed by atoms with E-state index in [1.54, 1.807) is 0 Å². The molecule has 0 heterocycles. The second kappa shape index (κ2) is 4.44. The van der Waals surface area contributed by atoms with Gasteiger partial charge in [0.25, 0.3) is 0 Å². The molecule has 0 radical (unpaired) electrons. The van der Waals surface area contributed by atoms with Gasteiger partial charge >= 0.3 is 5.97 Å². The van der Waals surface area contributed by atoms with Crippen LogP contribution in [0.1, 0.15) is 15.9 Å². The van der Waals surface area contributed by atoms with Crippen LogP contribution in [0, 0.1) is 12.1 Å². The van der Waals surface area contributed by atoms with Crippen LogP contribution in [-0.4, -0.2) is 23.0 Å². The molecule has 5 N–H and O–H groups in total. The second-order valence-electron chi connectivity index (χ2n) is 3.03. The molecule has 0 saturated carbocycles. The Kier molecular flexibility index (Phi) is 3.26. The summed E-state index contributed by atoms with van der Waals surface area (Å²) in [4.78, 5) is 21.5. The zero-order valence-corrected chi connectivity index (χ0v) is 7.86. The number of rotatable bonds is 4. The molecule has 5 nitrogen and oxygen atoms in total. The minimum atomic E-state index is -1.13. The quantitative estimate of drug-likeness (QED) is 0.607. The lowest BCUT2D eigenvalue weighted by atomic mass is 10.0. The van der Waals surface area contributed by atoms with Crippen molar-refractivity contribution in [2.75, 3.05) is 0 Å². The highest BCUT2D eigenvalue weighted by Gasteiger charge is 2.15. The first-order valence-electron chi connectivity index (χ1n) is 4.21. The highest BCUT2D eigenvalue weighted by molar-refractivity contribution is 5.94. The van der Waals surface area contributed by atoms with Crippen molar-refractivity contribution in [3.8, 4) is 0 Å². The molecule has 0 spiro atoms. The molecule has 0 aliphatic rings. The summed E-state index contributed by atoms with van der Waals surface area (Å²) in [5.41, 5.74) is 11.1. The van der Waals surface area contributed by atoms with E-state index in [-0.39, 0.29) is 12.0 Å². The zero-order valence-electron chi connectivity index (χ0n) is 7.86. The van der Waals surface area contributed by atoms with Crippen LogP contribution in [0.2, 0.25) is 0 Å². The number of hydrogen-bond acceptors (Lipinski definition) is 3. The van der Waals surface area contributed by atoms with Crippen LogP contribution in [0.25, 0.3) is 0 Å². The molecule has 0 saturated heterocycles. The standard InChI is InChI=1S/C10H10N2O3/c11-8(10(14)15)5-6-3-1-2-4-7(6)9(12)13/h3-4,8H,5,11H2,(H2,12,13)(H,14,15)/t8-/m0/s1. The lowest BCUT2D eigenvalue weighted by molar-refractivity contribution is -0.138. The third-order valence-electron chi connectivity index (χ3n) is 1.91. The summed E-state index contributed by atoms with van der Waals surface area (Å²) in [5, 5.41) is 8.61. The van der Waals surface area contributed by atoms with Crippen molar-refractivity contribution in [3.63, 3.8) is 0 Å². The number of aliphatic carboxylic acids is 1. The van der Waals surface area contributed by atoms with Gasteiger partial charge in [-0.2, -0.15) is 0 Å². The predicted molar refractivity (Wildman–Crippen MR) is 51.9 cm³/mol. The molecule has 0 bridgehead atoms. The molecule has 0 unspecified atom stereocenters. The molecule has 1 amide bonds. The van der Waals surface area contributed by atoms with E-state index in [1.807, 2.05) is 0 Å². The van der Waals surface area contributed by atoms with E-state index >= 15 is 0 Å². The van der Waals surface area contributed by atoms with Gasteiger partial charge in [0, 0.05) is 6.07 Å². The van der Waals surface area contributed by atoms with Gasteiger partial charge in [-0.25, -0.2) is 0 Å². The Morgan fingerprint density at radius 3 is 2.53 bits per heavy atom. The fraction of sp³-hybridized carbons (Fsp3) is 0.200. The molecule has 1 atom stereocenters. The van der Waals surface area contributed by atoms with E-state index in [9.17, 15) is 9.59 Å². The van der Waals surface area contributed by atoms with Crippen LogP contribution in [0.4, 0.5) is 0 Å². The van der Waals surface area contributed by atoms with Crippen molar-refractivity contribution in [1.29, 1.82) is 0 Å². The average molecular weight is 206 g/mol. The lowest BCUT2D eigenvalue weighted by Crippen LogP contribution is -2.33. The van der Waals surface area contributed by atoms with Gasteiger partial charge in [0.1, 0.15) is 6.04 Å². The van der Waals surface area contributed by atoms with Crippen molar-refractivity contribution in [3.05, 3.63) is 35.4 Å². The van der Waals surface area contributed by atoms with Crippen LogP contribution < -0.4 is 11.5 Å². The first-order valence-corrected chi connectivity index (χ1v) is 4.21. The number of nitrogens with two attached hydrogens (primary N) is 2. The second-order valence-corrected chi connectivity index (χ2v) is 3.03. The first-order chi connectivity index (χ1) is 7.02. The molecule has 0 aliphatic heterocycles. The molecule has 15 heavy (non-hydrogen) atoms. The van der Waals surface area contributed by atoms with Gasteiger partial charge in [-0.05, 0) is 18.1 Å². The molecule has 5 heteroatoms. The molecule has 1 aromatic carbocycles. The third-order valence-corrected chi connectivity index (χ3v) is 1.91. The van der Waals surface area contributed by atoms with E-state index in [2.05, 4.69) is 12.1 Å². The maximum absolute atomic E-state index is 11.0. The van der Waals surface area contributed by atoms with E-state index in [1.165, 1.54) is 12.1 Å². The summed E-state index contributed by atoms with van der Waals surface area (Å²) in [6.07, 6.45) is 0.0405. The predicted octanol–water partition coefficient (Wildman–Crippen LogP) is -0.660. The van der Waals surface area contributed by atoms with Crippen molar-refractivity contribution < 1.29 is 14.7 Å². The fourth-order valence-corrected chi connectivity index (χ4v) is 1.14. The molecule has 0 fully saturated rings. The van der Waals surface area contributed by atoms with Crippen LogP contribution in [-0.2, 0) is 11.2 Å². The number of amides is 1. The van der Waals surface area contributed by atoms with Gasteiger partial charge in [0.05, 0.1) is 5.56 Å². The largest absolute Gasteiger partial charge is 0.480 e. The van der Waals surface area contributed by atoms with Crippen molar-refractivity contribution in [2.45, 2.75) is 12.5 Å². The lowest BCUT2D eigenvalue weighted by Gasteiger charge is -2.07. The SMILES string of the molecule is NC(=O)c1cc#ccc1C[C@H](N)C(=O)O. The number of primary amides is 1. The monoisotopic (exact) mass is 206 g/mol. The summed E-state index contributed by atoms with van der Waals surface area (Å²) in [7, 11) is 0. The van der Waals surface area contributed by atoms with Crippen molar-refractivity contribution >= 4 is 11.9 Å². The number of carboxylic acid groups (broad SMARTS) is 1. The Morgan fingerprint density at radius 1 is 1.40 bits per heavy atom. The first kappa shape index (κ1) is 11.0.